The summed E-state index contributed by atoms with van der Waals surface area (Å²) in [5.41, 5.74) is 1.65. The SMILES string of the molecule is Cc1ccc(Oc2ccc(C(=O)CO)cc2)cc1. The van der Waals surface area contributed by atoms with Gasteiger partial charge in [-0.1, -0.05) is 17.7 Å². The van der Waals surface area contributed by atoms with Crippen LogP contribution in [0.1, 0.15) is 15.9 Å². The van der Waals surface area contributed by atoms with Crippen molar-refractivity contribution in [2.75, 3.05) is 6.61 Å². The van der Waals surface area contributed by atoms with Crippen molar-refractivity contribution >= 4 is 5.78 Å². The molecule has 0 aliphatic rings. The Hall–Kier alpha value is -2.13. The van der Waals surface area contributed by atoms with Gasteiger partial charge in [-0.3, -0.25) is 4.79 Å². The molecule has 0 amide bonds. The molecular weight excluding hydrogens is 228 g/mol. The number of rotatable bonds is 4. The summed E-state index contributed by atoms with van der Waals surface area (Å²) in [6.45, 7) is 1.54. The topological polar surface area (TPSA) is 46.5 Å². The number of aryl methyl sites for hydroxylation is 1. The summed E-state index contributed by atoms with van der Waals surface area (Å²) in [4.78, 5) is 11.2. The van der Waals surface area contributed by atoms with Gasteiger partial charge in [-0.05, 0) is 43.3 Å². The monoisotopic (exact) mass is 242 g/mol. The Labute approximate surface area is 106 Å². The van der Waals surface area contributed by atoms with Crippen LogP contribution >= 0.6 is 0 Å². The minimum absolute atomic E-state index is 0.295. The molecule has 2 rings (SSSR count). The lowest BCUT2D eigenvalue weighted by atomic mass is 10.1. The van der Waals surface area contributed by atoms with E-state index in [1.807, 2.05) is 31.2 Å². The van der Waals surface area contributed by atoms with Crippen LogP contribution < -0.4 is 4.74 Å². The van der Waals surface area contributed by atoms with Crippen LogP contribution in [0.25, 0.3) is 0 Å². The van der Waals surface area contributed by atoms with Crippen LogP contribution in [0.4, 0.5) is 0 Å². The number of benzene rings is 2. The average Bonchev–Trinajstić information content (AvgIpc) is 2.41. The fourth-order valence-corrected chi connectivity index (χ4v) is 1.54. The van der Waals surface area contributed by atoms with Gasteiger partial charge in [-0.2, -0.15) is 0 Å². The Morgan fingerprint density at radius 2 is 1.50 bits per heavy atom. The molecule has 0 saturated carbocycles. The third kappa shape index (κ3) is 2.96. The lowest BCUT2D eigenvalue weighted by Gasteiger charge is -2.06. The van der Waals surface area contributed by atoms with Gasteiger partial charge in [0.25, 0.3) is 0 Å². The molecule has 0 aromatic heterocycles. The molecule has 0 spiro atoms. The normalized spacial score (nSPS) is 10.1. The highest BCUT2D eigenvalue weighted by Gasteiger charge is 2.04. The Morgan fingerprint density at radius 3 is 2.00 bits per heavy atom. The minimum Gasteiger partial charge on any atom is -0.457 e. The van der Waals surface area contributed by atoms with E-state index < -0.39 is 6.61 Å². The van der Waals surface area contributed by atoms with Gasteiger partial charge in [0.1, 0.15) is 18.1 Å². The number of hydrogen-bond donors (Lipinski definition) is 1. The van der Waals surface area contributed by atoms with Gasteiger partial charge < -0.3 is 9.84 Å². The zero-order valence-electron chi connectivity index (χ0n) is 10.1. The molecule has 0 aliphatic heterocycles. The number of aliphatic hydroxyl groups excluding tert-OH is 1. The summed E-state index contributed by atoms with van der Waals surface area (Å²) in [7, 11) is 0. The van der Waals surface area contributed by atoms with Gasteiger partial charge in [0.05, 0.1) is 0 Å². The molecule has 0 unspecified atom stereocenters. The summed E-state index contributed by atoms with van der Waals surface area (Å²) in [5, 5.41) is 8.74. The standard InChI is InChI=1S/C15H14O3/c1-11-2-6-13(7-3-11)18-14-8-4-12(5-9-14)15(17)10-16/h2-9,16H,10H2,1H3. The third-order valence-corrected chi connectivity index (χ3v) is 2.58. The summed E-state index contributed by atoms with van der Waals surface area (Å²) in [6, 6.07) is 14.4. The Balaban J connectivity index is 2.10. The largest absolute Gasteiger partial charge is 0.457 e. The Bertz CT molecular complexity index is 527. The molecule has 92 valence electrons. The first-order chi connectivity index (χ1) is 8.69. The van der Waals surface area contributed by atoms with E-state index in [-0.39, 0.29) is 5.78 Å². The number of Topliss-reactive ketones (excluding diaryl/α,β-unsaturated/α-hetero) is 1. The first-order valence-electron chi connectivity index (χ1n) is 5.67. The van der Waals surface area contributed by atoms with E-state index in [1.165, 1.54) is 5.56 Å². The van der Waals surface area contributed by atoms with Crippen LogP contribution in [-0.2, 0) is 0 Å². The second-order valence-electron chi connectivity index (χ2n) is 4.02. The van der Waals surface area contributed by atoms with Gasteiger partial charge in [-0.15, -0.1) is 0 Å². The summed E-state index contributed by atoms with van der Waals surface area (Å²) in [5.74, 6) is 1.12. The third-order valence-electron chi connectivity index (χ3n) is 2.58. The van der Waals surface area contributed by atoms with Crippen molar-refractivity contribution < 1.29 is 14.6 Å². The Kier molecular flexibility index (Phi) is 3.75. The maximum absolute atomic E-state index is 11.2. The molecule has 0 atom stereocenters. The van der Waals surface area contributed by atoms with Crippen LogP contribution in [0.5, 0.6) is 11.5 Å². The quantitative estimate of drug-likeness (QED) is 0.838. The highest BCUT2D eigenvalue weighted by atomic mass is 16.5. The van der Waals surface area contributed by atoms with Gasteiger partial charge in [-0.25, -0.2) is 0 Å². The van der Waals surface area contributed by atoms with E-state index in [1.54, 1.807) is 24.3 Å². The molecule has 1 N–H and O–H groups in total. The van der Waals surface area contributed by atoms with Crippen LogP contribution in [0, 0.1) is 6.92 Å². The van der Waals surface area contributed by atoms with Crippen LogP contribution in [0.15, 0.2) is 48.5 Å². The number of aliphatic hydroxyl groups is 1. The molecule has 3 heteroatoms. The maximum Gasteiger partial charge on any atom is 0.188 e. The molecule has 0 aliphatic carbocycles. The molecule has 0 saturated heterocycles. The highest BCUT2D eigenvalue weighted by molar-refractivity contribution is 5.96. The average molecular weight is 242 g/mol. The van der Waals surface area contributed by atoms with Crippen LogP contribution in [0.3, 0.4) is 0 Å². The maximum atomic E-state index is 11.2. The van der Waals surface area contributed by atoms with E-state index in [0.29, 0.717) is 11.3 Å². The zero-order chi connectivity index (χ0) is 13.0. The van der Waals surface area contributed by atoms with Gasteiger partial charge in [0.15, 0.2) is 5.78 Å². The summed E-state index contributed by atoms with van der Waals surface area (Å²) < 4.78 is 5.63. The molecule has 0 fully saturated rings. The van der Waals surface area contributed by atoms with Crippen molar-refractivity contribution in [3.63, 3.8) is 0 Å². The lowest BCUT2D eigenvalue weighted by molar-refractivity contribution is 0.0903. The van der Waals surface area contributed by atoms with Crippen LogP contribution in [0.2, 0.25) is 0 Å². The first kappa shape index (κ1) is 12.3. The molecule has 2 aromatic carbocycles. The summed E-state index contributed by atoms with van der Waals surface area (Å²) in [6.07, 6.45) is 0. The van der Waals surface area contributed by atoms with Crippen LogP contribution in [-0.4, -0.2) is 17.5 Å². The number of ether oxygens (including phenoxy) is 1. The predicted octanol–water partition coefficient (Wildman–Crippen LogP) is 2.96. The highest BCUT2D eigenvalue weighted by Crippen LogP contribution is 2.21. The van der Waals surface area contributed by atoms with Gasteiger partial charge >= 0.3 is 0 Å². The summed E-state index contributed by atoms with van der Waals surface area (Å²) >= 11 is 0. The van der Waals surface area contributed by atoms with Gasteiger partial charge in [0, 0.05) is 5.56 Å². The van der Waals surface area contributed by atoms with E-state index in [4.69, 9.17) is 9.84 Å². The molecule has 3 nitrogen and oxygen atoms in total. The first-order valence-corrected chi connectivity index (χ1v) is 5.67. The van der Waals surface area contributed by atoms with E-state index in [2.05, 4.69) is 0 Å². The molecule has 0 heterocycles. The lowest BCUT2D eigenvalue weighted by Crippen LogP contribution is -2.03. The smallest absolute Gasteiger partial charge is 0.188 e. The van der Waals surface area contributed by atoms with Crippen molar-refractivity contribution in [3.8, 4) is 11.5 Å². The number of carbonyl (C=O) groups excluding carboxylic acids is 1. The Morgan fingerprint density at radius 1 is 1.00 bits per heavy atom. The van der Waals surface area contributed by atoms with Crippen molar-refractivity contribution in [3.05, 3.63) is 59.7 Å². The second kappa shape index (κ2) is 5.47. The fraction of sp³-hybridized carbons (Fsp3) is 0.133. The second-order valence-corrected chi connectivity index (χ2v) is 4.02. The van der Waals surface area contributed by atoms with Crippen molar-refractivity contribution in [2.24, 2.45) is 0 Å². The number of ketones is 1. The fourth-order valence-electron chi connectivity index (χ4n) is 1.54. The van der Waals surface area contributed by atoms with Gasteiger partial charge in [0.2, 0.25) is 0 Å². The zero-order valence-corrected chi connectivity index (χ0v) is 10.1. The number of carbonyl (C=O) groups is 1. The van der Waals surface area contributed by atoms with E-state index >= 15 is 0 Å². The predicted molar refractivity (Wildman–Crippen MR) is 69.1 cm³/mol. The van der Waals surface area contributed by atoms with Crippen molar-refractivity contribution in [1.29, 1.82) is 0 Å². The number of hydrogen-bond acceptors (Lipinski definition) is 3. The molecule has 0 radical (unpaired) electrons. The molecule has 18 heavy (non-hydrogen) atoms. The molecule has 0 bridgehead atoms. The van der Waals surface area contributed by atoms with E-state index in [9.17, 15) is 4.79 Å². The minimum atomic E-state index is -0.474. The van der Waals surface area contributed by atoms with Crippen molar-refractivity contribution in [1.82, 2.24) is 0 Å². The molecule has 2 aromatic rings. The van der Waals surface area contributed by atoms with E-state index in [0.717, 1.165) is 5.75 Å². The van der Waals surface area contributed by atoms with Crippen molar-refractivity contribution in [2.45, 2.75) is 6.92 Å². The molecular formula is C15H14O3.